The highest BCUT2D eigenvalue weighted by Gasteiger charge is 2.46. The smallest absolute Gasteiger partial charge is 0.333 e. The number of aliphatic hydroxyl groups is 4. The molecule has 12 nitrogen and oxygen atoms in total. The van der Waals surface area contributed by atoms with Crippen LogP contribution in [-0.2, 0) is 27.9 Å². The SMILES string of the molecule is CC(C)(CCOP(=O)(C[C@H]1O[C@H](CO)[C@@H](O)[C@H](O)[C@@H]1O)OCCC(C)(C)C(=O)O)C(=O)O. The molecule has 0 radical (unpaired) electrons. The standard InChI is InChI=1S/C19H35O12P/c1-18(2,16(24)25)5-7-29-32(28,30-8-6-19(3,4)17(26)27)10-12-14(22)15(23)13(21)11(9-20)31-12/h11-15,20-23H,5-10H2,1-4H3,(H,24,25)(H,26,27)/t11-,12-,13-,14-,15+/m1/s1. The Balaban J connectivity index is 2.96. The summed E-state index contributed by atoms with van der Waals surface area (Å²) < 4.78 is 29.5. The van der Waals surface area contributed by atoms with Crippen LogP contribution in [0.1, 0.15) is 40.5 Å². The van der Waals surface area contributed by atoms with Crippen molar-refractivity contribution in [1.82, 2.24) is 0 Å². The fourth-order valence-electron chi connectivity index (χ4n) is 2.79. The number of ether oxygens (including phenoxy) is 1. The maximum atomic E-state index is 13.4. The highest BCUT2D eigenvalue weighted by molar-refractivity contribution is 7.53. The molecule has 0 aromatic heterocycles. The molecule has 0 aliphatic carbocycles. The van der Waals surface area contributed by atoms with Crippen LogP contribution in [0.15, 0.2) is 0 Å². The normalized spacial score (nSPS) is 27.3. The van der Waals surface area contributed by atoms with E-state index in [9.17, 15) is 44.8 Å². The molecule has 0 aromatic carbocycles. The molecule has 1 aliphatic rings. The lowest BCUT2D eigenvalue weighted by Gasteiger charge is -2.40. The Bertz CT molecular complexity index is 656. The fourth-order valence-corrected chi connectivity index (χ4v) is 4.55. The molecular formula is C19H35O12P. The Labute approximate surface area is 186 Å². The summed E-state index contributed by atoms with van der Waals surface area (Å²) in [7, 11) is -4.09. The molecule has 13 heteroatoms. The highest BCUT2D eigenvalue weighted by Crippen LogP contribution is 2.51. The first-order chi connectivity index (χ1) is 14.6. The van der Waals surface area contributed by atoms with Gasteiger partial charge in [-0.1, -0.05) is 0 Å². The monoisotopic (exact) mass is 486 g/mol. The van der Waals surface area contributed by atoms with Gasteiger partial charge >= 0.3 is 19.5 Å². The Hall–Kier alpha value is -1.11. The largest absolute Gasteiger partial charge is 0.481 e. The summed E-state index contributed by atoms with van der Waals surface area (Å²) in [4.78, 5) is 22.6. The maximum Gasteiger partial charge on any atom is 0.333 e. The van der Waals surface area contributed by atoms with Gasteiger partial charge in [-0.15, -0.1) is 0 Å². The van der Waals surface area contributed by atoms with Crippen LogP contribution in [0.2, 0.25) is 0 Å². The van der Waals surface area contributed by atoms with Gasteiger partial charge in [0.15, 0.2) is 0 Å². The van der Waals surface area contributed by atoms with Crippen LogP contribution in [0.25, 0.3) is 0 Å². The number of carboxylic acids is 2. The Morgan fingerprint density at radius 2 is 1.25 bits per heavy atom. The van der Waals surface area contributed by atoms with E-state index in [0.29, 0.717) is 0 Å². The predicted molar refractivity (Wildman–Crippen MR) is 110 cm³/mol. The highest BCUT2D eigenvalue weighted by atomic mass is 31.2. The number of hydrogen-bond donors (Lipinski definition) is 6. The first-order valence-corrected chi connectivity index (χ1v) is 11.9. The summed E-state index contributed by atoms with van der Waals surface area (Å²) >= 11 is 0. The molecule has 0 unspecified atom stereocenters. The van der Waals surface area contributed by atoms with E-state index in [1.54, 1.807) is 0 Å². The number of carbonyl (C=O) groups is 2. The maximum absolute atomic E-state index is 13.4. The second kappa shape index (κ2) is 11.3. The lowest BCUT2D eigenvalue weighted by atomic mass is 9.90. The zero-order chi connectivity index (χ0) is 24.9. The second-order valence-corrected chi connectivity index (χ2v) is 11.3. The van der Waals surface area contributed by atoms with E-state index < -0.39 is 73.7 Å². The molecule has 5 atom stereocenters. The van der Waals surface area contributed by atoms with E-state index in [4.69, 9.17) is 13.8 Å². The van der Waals surface area contributed by atoms with Crippen LogP contribution >= 0.6 is 7.60 Å². The summed E-state index contributed by atoms with van der Waals surface area (Å²) in [5.41, 5.74) is -2.36. The second-order valence-electron chi connectivity index (χ2n) is 9.21. The van der Waals surface area contributed by atoms with E-state index in [1.807, 2.05) is 0 Å². The van der Waals surface area contributed by atoms with Crippen molar-refractivity contribution >= 4 is 19.5 Å². The number of hydrogen-bond acceptors (Lipinski definition) is 10. The summed E-state index contributed by atoms with van der Waals surface area (Å²) in [5, 5.41) is 57.9. The van der Waals surface area contributed by atoms with Gasteiger partial charge in [0, 0.05) is 0 Å². The van der Waals surface area contributed by atoms with E-state index in [0.717, 1.165) is 0 Å². The first-order valence-electron chi connectivity index (χ1n) is 10.2. The van der Waals surface area contributed by atoms with Gasteiger partial charge in [0.25, 0.3) is 0 Å². The van der Waals surface area contributed by atoms with Crippen molar-refractivity contribution in [2.75, 3.05) is 26.0 Å². The van der Waals surface area contributed by atoms with E-state index >= 15 is 0 Å². The average Bonchev–Trinajstić information content (AvgIpc) is 2.67. The van der Waals surface area contributed by atoms with Crippen LogP contribution in [0.5, 0.6) is 0 Å². The van der Waals surface area contributed by atoms with Gasteiger partial charge in [-0.3, -0.25) is 14.2 Å². The summed E-state index contributed by atoms with van der Waals surface area (Å²) in [5.74, 6) is -2.18. The van der Waals surface area contributed by atoms with Crippen molar-refractivity contribution in [3.63, 3.8) is 0 Å². The minimum atomic E-state index is -4.09. The van der Waals surface area contributed by atoms with Crippen molar-refractivity contribution in [3.05, 3.63) is 0 Å². The van der Waals surface area contributed by atoms with Gasteiger partial charge in [0.05, 0.1) is 42.9 Å². The molecular weight excluding hydrogens is 451 g/mol. The number of carboxylic acid groups (broad SMARTS) is 2. The van der Waals surface area contributed by atoms with Gasteiger partial charge in [-0.25, -0.2) is 0 Å². The Kier molecular flexibility index (Phi) is 10.3. The third-order valence-corrected chi connectivity index (χ3v) is 7.54. The molecule has 0 amide bonds. The average molecular weight is 486 g/mol. The van der Waals surface area contributed by atoms with Crippen molar-refractivity contribution < 1.29 is 58.6 Å². The van der Waals surface area contributed by atoms with Crippen molar-refractivity contribution in [2.45, 2.75) is 71.1 Å². The Morgan fingerprint density at radius 3 is 1.62 bits per heavy atom. The summed E-state index contributed by atoms with van der Waals surface area (Å²) in [6.45, 7) is 4.59. The van der Waals surface area contributed by atoms with Gasteiger partial charge in [-0.2, -0.15) is 0 Å². The quantitative estimate of drug-likeness (QED) is 0.191. The van der Waals surface area contributed by atoms with Gasteiger partial charge < -0.3 is 44.4 Å². The van der Waals surface area contributed by atoms with Crippen LogP contribution in [0, 0.1) is 10.8 Å². The number of aliphatic carboxylic acids is 2. The predicted octanol–water partition coefficient (Wildman–Crippen LogP) is 0.0569. The molecule has 1 heterocycles. The van der Waals surface area contributed by atoms with Crippen LogP contribution in [-0.4, -0.2) is 99.1 Å². The molecule has 1 saturated heterocycles. The number of rotatable bonds is 13. The van der Waals surface area contributed by atoms with Crippen LogP contribution in [0.3, 0.4) is 0 Å². The van der Waals surface area contributed by atoms with Crippen LogP contribution < -0.4 is 0 Å². The molecule has 1 aliphatic heterocycles. The van der Waals surface area contributed by atoms with Gasteiger partial charge in [-0.05, 0) is 40.5 Å². The molecule has 1 fully saturated rings. The molecule has 32 heavy (non-hydrogen) atoms. The van der Waals surface area contributed by atoms with Gasteiger partial charge in [0.2, 0.25) is 0 Å². The zero-order valence-corrected chi connectivity index (χ0v) is 19.6. The molecule has 0 saturated carbocycles. The molecule has 6 N–H and O–H groups in total. The van der Waals surface area contributed by atoms with Crippen molar-refractivity contribution in [2.24, 2.45) is 10.8 Å². The first kappa shape index (κ1) is 28.9. The summed E-state index contributed by atoms with van der Waals surface area (Å²) in [6, 6.07) is 0. The van der Waals surface area contributed by atoms with E-state index in [-0.39, 0.29) is 26.1 Å². The number of aliphatic hydroxyl groups excluding tert-OH is 4. The third-order valence-electron chi connectivity index (χ3n) is 5.58. The minimum Gasteiger partial charge on any atom is -0.481 e. The van der Waals surface area contributed by atoms with Crippen LogP contribution in [0.4, 0.5) is 0 Å². The Morgan fingerprint density at radius 1 is 0.844 bits per heavy atom. The molecule has 188 valence electrons. The van der Waals surface area contributed by atoms with E-state index in [1.165, 1.54) is 27.7 Å². The summed E-state index contributed by atoms with van der Waals surface area (Å²) in [6.07, 6.45) is -8.12. The van der Waals surface area contributed by atoms with E-state index in [2.05, 4.69) is 0 Å². The van der Waals surface area contributed by atoms with Crippen molar-refractivity contribution in [3.8, 4) is 0 Å². The molecule has 0 bridgehead atoms. The van der Waals surface area contributed by atoms with Gasteiger partial charge in [0.1, 0.15) is 24.4 Å². The topological polar surface area (TPSA) is 200 Å². The van der Waals surface area contributed by atoms with Crippen molar-refractivity contribution in [1.29, 1.82) is 0 Å². The lowest BCUT2D eigenvalue weighted by Crippen LogP contribution is -2.59. The molecule has 1 rings (SSSR count). The lowest BCUT2D eigenvalue weighted by molar-refractivity contribution is -0.224. The zero-order valence-electron chi connectivity index (χ0n) is 18.7. The minimum absolute atomic E-state index is 0.0228. The third kappa shape index (κ3) is 7.74. The fraction of sp³-hybridized carbons (Fsp3) is 0.895. The molecule has 0 spiro atoms. The molecule has 0 aromatic rings.